The van der Waals surface area contributed by atoms with Gasteiger partial charge in [0.2, 0.25) is 0 Å². The molecule has 9 rings (SSSR count). The van der Waals surface area contributed by atoms with Crippen LogP contribution in [0.3, 0.4) is 0 Å². The summed E-state index contributed by atoms with van der Waals surface area (Å²) in [6.07, 6.45) is 16.5. The fourth-order valence-electron chi connectivity index (χ4n) is 6.63. The third-order valence-electron chi connectivity index (χ3n) is 8.75. The second kappa shape index (κ2) is 14.1. The standard InChI is InChI=1S/C44H28N4.ClH.Ga.3H/c1-5-13-29(14-6-1)38-27-37-26-35-22-21-33(45-35)25-34-23-24-36(46-34)28-39-40(30-15-7-2-8-16-30)41(31-17-9-3-10-18-31)44(48-39)42(43(38)47-37)32-19-11-4-12-20-32;;;;;/h1-28H;1H;;;;. The second-order valence-corrected chi connectivity index (χ2v) is 11.9. The molecule has 0 aromatic heterocycles. The summed E-state index contributed by atoms with van der Waals surface area (Å²) in [5, 5.41) is 0. The van der Waals surface area contributed by atoms with Gasteiger partial charge in [-0.3, -0.25) is 0 Å². The van der Waals surface area contributed by atoms with Gasteiger partial charge in [-0.05, 0) is 70.9 Å². The molecule has 0 unspecified atom stereocenters. The summed E-state index contributed by atoms with van der Waals surface area (Å²) in [5.74, 6) is 0. The zero-order valence-corrected chi connectivity index (χ0v) is 27.2. The molecule has 5 heterocycles. The zero-order valence-electron chi connectivity index (χ0n) is 26.4. The van der Waals surface area contributed by atoms with Gasteiger partial charge in [0.05, 0.1) is 45.6 Å². The molecule has 0 saturated heterocycles. The molecule has 238 valence electrons. The Bertz CT molecular complexity index is 2380. The summed E-state index contributed by atoms with van der Waals surface area (Å²) in [6.45, 7) is 0. The summed E-state index contributed by atoms with van der Waals surface area (Å²) in [7, 11) is 0. The molecule has 50 heavy (non-hydrogen) atoms. The molecule has 0 aliphatic carbocycles. The number of hydrogen-bond acceptors (Lipinski definition) is 4. The van der Waals surface area contributed by atoms with Gasteiger partial charge in [-0.15, -0.1) is 12.4 Å². The van der Waals surface area contributed by atoms with Gasteiger partial charge < -0.3 is 0 Å². The van der Waals surface area contributed by atoms with Crippen LogP contribution in [0.5, 0.6) is 0 Å². The molecular formula is C44H32ClGaN4. The molecule has 0 amide bonds. The Hall–Kier alpha value is -5.59. The molecule has 0 N–H and O–H groups in total. The van der Waals surface area contributed by atoms with Crippen LogP contribution in [0, 0.1) is 0 Å². The Kier molecular flexibility index (Phi) is 9.29. The molecule has 0 fully saturated rings. The zero-order chi connectivity index (χ0) is 31.9. The summed E-state index contributed by atoms with van der Waals surface area (Å²) < 4.78 is 0. The average Bonchev–Trinajstić information content (AvgIpc) is 3.94. The summed E-state index contributed by atoms with van der Waals surface area (Å²) in [4.78, 5) is 20.8. The Balaban J connectivity index is 0.00000196. The van der Waals surface area contributed by atoms with Gasteiger partial charge in [-0.2, -0.15) is 0 Å². The normalized spacial score (nSPS) is 17.1. The first-order valence-electron chi connectivity index (χ1n) is 16.1. The van der Waals surface area contributed by atoms with Crippen LogP contribution in [-0.4, -0.2) is 42.6 Å². The molecule has 6 heteroatoms. The van der Waals surface area contributed by atoms with Crippen molar-refractivity contribution in [2.75, 3.05) is 0 Å². The van der Waals surface area contributed by atoms with Crippen LogP contribution in [0.25, 0.3) is 22.3 Å². The third-order valence-corrected chi connectivity index (χ3v) is 8.75. The maximum atomic E-state index is 5.56. The van der Waals surface area contributed by atoms with Gasteiger partial charge in [0.15, 0.2) is 0 Å². The van der Waals surface area contributed by atoms with Crippen LogP contribution in [0.4, 0.5) is 0 Å². The van der Waals surface area contributed by atoms with Crippen molar-refractivity contribution in [1.29, 1.82) is 0 Å². The van der Waals surface area contributed by atoms with E-state index in [-0.39, 0.29) is 32.2 Å². The van der Waals surface area contributed by atoms with Crippen molar-refractivity contribution < 1.29 is 0 Å². The van der Waals surface area contributed by atoms with E-state index in [2.05, 4.69) is 133 Å². The van der Waals surface area contributed by atoms with Gasteiger partial charge in [-0.1, -0.05) is 121 Å². The van der Waals surface area contributed by atoms with Crippen LogP contribution in [0.15, 0.2) is 213 Å². The molecule has 0 radical (unpaired) electrons. The first-order chi connectivity index (χ1) is 23.8. The van der Waals surface area contributed by atoms with Gasteiger partial charge in [0.1, 0.15) is 0 Å². The van der Waals surface area contributed by atoms with E-state index in [1.165, 1.54) is 0 Å². The number of benzene rings is 4. The van der Waals surface area contributed by atoms with E-state index in [1.807, 2.05) is 36.4 Å². The molecule has 5 aliphatic heterocycles. The predicted molar refractivity (Wildman–Crippen MR) is 217 cm³/mol. The number of halogens is 1. The first kappa shape index (κ1) is 32.9. The van der Waals surface area contributed by atoms with Crippen molar-refractivity contribution in [3.63, 3.8) is 0 Å². The van der Waals surface area contributed by atoms with Crippen molar-refractivity contribution in [2.24, 2.45) is 20.0 Å². The van der Waals surface area contributed by atoms with Crippen molar-refractivity contribution in [2.45, 2.75) is 0 Å². The fourth-order valence-corrected chi connectivity index (χ4v) is 6.63. The van der Waals surface area contributed by atoms with E-state index in [4.69, 9.17) is 20.0 Å². The number of aliphatic imine (C=N–C) groups is 4. The second-order valence-electron chi connectivity index (χ2n) is 11.9. The van der Waals surface area contributed by atoms with Gasteiger partial charge in [-0.25, -0.2) is 20.0 Å². The van der Waals surface area contributed by atoms with Crippen LogP contribution in [-0.2, 0) is 0 Å². The van der Waals surface area contributed by atoms with E-state index in [9.17, 15) is 0 Å². The van der Waals surface area contributed by atoms with Crippen molar-refractivity contribution in [3.05, 3.63) is 215 Å². The fraction of sp³-hybridized carbons (Fsp3) is 0. The summed E-state index contributed by atoms with van der Waals surface area (Å²) in [5.41, 5.74) is 15.3. The van der Waals surface area contributed by atoms with Crippen LogP contribution >= 0.6 is 12.4 Å². The molecule has 4 nitrogen and oxygen atoms in total. The number of fused-ring (bicyclic) bond motifs is 4. The number of allylic oxidation sites excluding steroid dienone is 12. The van der Waals surface area contributed by atoms with E-state index in [1.54, 1.807) is 0 Å². The molecule has 8 bridgehead atoms. The average molecular weight is 722 g/mol. The molecule has 4 aromatic carbocycles. The Morgan fingerprint density at radius 3 is 1.38 bits per heavy atom. The quantitative estimate of drug-likeness (QED) is 0.189. The SMILES string of the molecule is C1=CC2=NC1=CC1=NC(=C(c3ccccc3)C3=NC(=CC4=NC(=C2)C=C4)C=C3c2ccccc2)C(c2ccccc2)=C1c1ccccc1.Cl.[GaH3]. The monoisotopic (exact) mass is 720 g/mol. The minimum absolute atomic E-state index is 0. The molecule has 0 saturated carbocycles. The first-order valence-corrected chi connectivity index (χ1v) is 16.1. The Labute approximate surface area is 310 Å². The summed E-state index contributed by atoms with van der Waals surface area (Å²) in [6, 6.07) is 42.1. The van der Waals surface area contributed by atoms with Crippen LogP contribution < -0.4 is 0 Å². The maximum absolute atomic E-state index is 5.56. The number of hydrogen-bond donors (Lipinski definition) is 0. The van der Waals surface area contributed by atoms with Crippen molar-refractivity contribution >= 4 is 77.3 Å². The van der Waals surface area contributed by atoms with Crippen LogP contribution in [0.2, 0.25) is 0 Å². The van der Waals surface area contributed by atoms with Crippen molar-refractivity contribution in [1.82, 2.24) is 0 Å². The Morgan fingerprint density at radius 2 is 0.820 bits per heavy atom. The topological polar surface area (TPSA) is 49.4 Å². The van der Waals surface area contributed by atoms with Crippen LogP contribution in [0.1, 0.15) is 22.3 Å². The molecular weight excluding hydrogens is 690 g/mol. The van der Waals surface area contributed by atoms with E-state index >= 15 is 0 Å². The molecule has 0 spiro atoms. The summed E-state index contributed by atoms with van der Waals surface area (Å²) >= 11 is 0. The Morgan fingerprint density at radius 1 is 0.360 bits per heavy atom. The van der Waals surface area contributed by atoms with E-state index < -0.39 is 0 Å². The van der Waals surface area contributed by atoms with Gasteiger partial charge in [0.25, 0.3) is 0 Å². The number of rotatable bonds is 4. The third kappa shape index (κ3) is 6.19. The molecule has 5 aliphatic rings. The van der Waals surface area contributed by atoms with Crippen molar-refractivity contribution in [3.8, 4) is 0 Å². The number of nitrogens with zero attached hydrogens (tertiary/aromatic N) is 4. The van der Waals surface area contributed by atoms with E-state index in [0.717, 1.165) is 90.2 Å². The minimum atomic E-state index is 0. The predicted octanol–water partition coefficient (Wildman–Crippen LogP) is 8.93. The van der Waals surface area contributed by atoms with Gasteiger partial charge in [0, 0.05) is 22.3 Å². The van der Waals surface area contributed by atoms with Gasteiger partial charge >= 0.3 is 19.8 Å². The van der Waals surface area contributed by atoms with E-state index in [0.29, 0.717) is 0 Å². The molecule has 4 aromatic rings. The molecule has 0 atom stereocenters.